The van der Waals surface area contributed by atoms with E-state index in [1.807, 2.05) is 6.08 Å². The molecule has 0 fully saturated rings. The van der Waals surface area contributed by atoms with Crippen molar-refractivity contribution in [3.63, 3.8) is 0 Å². The first-order chi connectivity index (χ1) is 6.06. The lowest BCUT2D eigenvalue weighted by Gasteiger charge is -2.12. The fraction of sp³-hybridized carbons (Fsp3) is 0.692. The van der Waals surface area contributed by atoms with E-state index < -0.39 is 0 Å². The molecule has 0 spiro atoms. The van der Waals surface area contributed by atoms with Crippen molar-refractivity contribution in [2.45, 2.75) is 47.0 Å². The molecule has 0 heterocycles. The molecule has 0 saturated carbocycles. The second-order valence-electron chi connectivity index (χ2n) is 4.46. The van der Waals surface area contributed by atoms with Crippen LogP contribution in [0.4, 0.5) is 0 Å². The van der Waals surface area contributed by atoms with Crippen LogP contribution in [0.15, 0.2) is 24.3 Å². The Balaban J connectivity index is 3.58. The van der Waals surface area contributed by atoms with E-state index in [0.717, 1.165) is 11.8 Å². The fourth-order valence-corrected chi connectivity index (χ4v) is 1.60. The lowest BCUT2D eigenvalue weighted by Crippen LogP contribution is -1.99. The molecule has 0 rings (SSSR count). The van der Waals surface area contributed by atoms with E-state index in [1.165, 1.54) is 24.8 Å². The third-order valence-electron chi connectivity index (χ3n) is 2.32. The Hall–Kier alpha value is -0.520. The minimum atomic E-state index is 0.833. The predicted molar refractivity (Wildman–Crippen MR) is 61.8 cm³/mol. The van der Waals surface area contributed by atoms with Gasteiger partial charge in [-0.1, -0.05) is 45.1 Å². The van der Waals surface area contributed by atoms with Crippen molar-refractivity contribution in [1.82, 2.24) is 0 Å². The smallest absolute Gasteiger partial charge is 0.0342 e. The first-order valence-corrected chi connectivity index (χ1v) is 5.35. The van der Waals surface area contributed by atoms with Gasteiger partial charge in [0, 0.05) is 0 Å². The van der Waals surface area contributed by atoms with Crippen molar-refractivity contribution in [3.05, 3.63) is 24.3 Å². The molecule has 0 aliphatic rings. The van der Waals surface area contributed by atoms with Gasteiger partial charge in [0.25, 0.3) is 0 Å². The standard InChI is InChI=1S/C13H24/c1-6-12(4)8-7-9-13(5)10-11(2)3/h6,8,11,13H,1,7,9-10H2,2-5H3. The van der Waals surface area contributed by atoms with E-state index in [2.05, 4.69) is 40.3 Å². The van der Waals surface area contributed by atoms with Gasteiger partial charge in [0.1, 0.15) is 0 Å². The van der Waals surface area contributed by atoms with Crippen LogP contribution in [-0.2, 0) is 0 Å². The van der Waals surface area contributed by atoms with Crippen molar-refractivity contribution in [1.29, 1.82) is 0 Å². The van der Waals surface area contributed by atoms with Gasteiger partial charge in [-0.05, 0) is 38.0 Å². The highest BCUT2D eigenvalue weighted by Crippen LogP contribution is 2.16. The number of hydrogen-bond donors (Lipinski definition) is 0. The molecular formula is C13H24. The Morgan fingerprint density at radius 3 is 2.38 bits per heavy atom. The second kappa shape index (κ2) is 6.94. The summed E-state index contributed by atoms with van der Waals surface area (Å²) in [6, 6.07) is 0. The van der Waals surface area contributed by atoms with Gasteiger partial charge in [0.2, 0.25) is 0 Å². The monoisotopic (exact) mass is 180 g/mol. The van der Waals surface area contributed by atoms with E-state index in [0.29, 0.717) is 0 Å². The van der Waals surface area contributed by atoms with Gasteiger partial charge in [0.05, 0.1) is 0 Å². The normalized spacial score (nSPS) is 14.7. The van der Waals surface area contributed by atoms with Gasteiger partial charge in [0.15, 0.2) is 0 Å². The lowest BCUT2D eigenvalue weighted by atomic mass is 9.94. The average Bonchev–Trinajstić information content (AvgIpc) is 2.02. The van der Waals surface area contributed by atoms with Gasteiger partial charge in [-0.3, -0.25) is 0 Å². The summed E-state index contributed by atoms with van der Waals surface area (Å²) in [4.78, 5) is 0. The van der Waals surface area contributed by atoms with Gasteiger partial charge in [-0.15, -0.1) is 0 Å². The summed E-state index contributed by atoms with van der Waals surface area (Å²) >= 11 is 0. The van der Waals surface area contributed by atoms with Crippen LogP contribution in [0.25, 0.3) is 0 Å². The van der Waals surface area contributed by atoms with Gasteiger partial charge in [-0.25, -0.2) is 0 Å². The number of rotatable bonds is 6. The third kappa shape index (κ3) is 7.83. The van der Waals surface area contributed by atoms with E-state index in [9.17, 15) is 0 Å². The molecule has 1 atom stereocenters. The summed E-state index contributed by atoms with van der Waals surface area (Å²) < 4.78 is 0. The molecule has 0 radical (unpaired) electrons. The van der Waals surface area contributed by atoms with E-state index >= 15 is 0 Å². The highest BCUT2D eigenvalue weighted by Gasteiger charge is 2.03. The SMILES string of the molecule is C=CC(C)=CCCC(C)CC(C)C. The minimum absolute atomic E-state index is 0.833. The molecule has 0 N–H and O–H groups in total. The van der Waals surface area contributed by atoms with Crippen molar-refractivity contribution >= 4 is 0 Å². The highest BCUT2D eigenvalue weighted by molar-refractivity contribution is 5.12. The van der Waals surface area contributed by atoms with Crippen molar-refractivity contribution in [2.75, 3.05) is 0 Å². The van der Waals surface area contributed by atoms with Crippen LogP contribution in [0.3, 0.4) is 0 Å². The quantitative estimate of drug-likeness (QED) is 0.525. The minimum Gasteiger partial charge on any atom is -0.0988 e. The molecule has 0 aliphatic carbocycles. The Labute approximate surface area is 83.7 Å². The van der Waals surface area contributed by atoms with E-state index in [1.54, 1.807) is 0 Å². The number of allylic oxidation sites excluding steroid dienone is 3. The van der Waals surface area contributed by atoms with Crippen LogP contribution in [0.2, 0.25) is 0 Å². The zero-order chi connectivity index (χ0) is 10.3. The average molecular weight is 180 g/mol. The molecule has 0 nitrogen and oxygen atoms in total. The topological polar surface area (TPSA) is 0 Å². The molecule has 76 valence electrons. The predicted octanol–water partition coefficient (Wildman–Crippen LogP) is 4.58. The Morgan fingerprint density at radius 2 is 1.92 bits per heavy atom. The van der Waals surface area contributed by atoms with Crippen molar-refractivity contribution < 1.29 is 0 Å². The molecule has 0 saturated heterocycles. The summed E-state index contributed by atoms with van der Waals surface area (Å²) in [6.45, 7) is 12.8. The molecule has 13 heavy (non-hydrogen) atoms. The van der Waals surface area contributed by atoms with Crippen LogP contribution in [-0.4, -0.2) is 0 Å². The maximum atomic E-state index is 3.74. The van der Waals surface area contributed by atoms with E-state index in [-0.39, 0.29) is 0 Å². The fourth-order valence-electron chi connectivity index (χ4n) is 1.60. The van der Waals surface area contributed by atoms with E-state index in [4.69, 9.17) is 0 Å². The summed E-state index contributed by atoms with van der Waals surface area (Å²) in [7, 11) is 0. The Bertz CT molecular complexity index is 163. The largest absolute Gasteiger partial charge is 0.0988 e. The van der Waals surface area contributed by atoms with Crippen LogP contribution in [0, 0.1) is 11.8 Å². The Morgan fingerprint density at radius 1 is 1.31 bits per heavy atom. The maximum absolute atomic E-state index is 3.74. The van der Waals surface area contributed by atoms with Crippen LogP contribution in [0.1, 0.15) is 47.0 Å². The van der Waals surface area contributed by atoms with Crippen molar-refractivity contribution in [3.8, 4) is 0 Å². The zero-order valence-electron chi connectivity index (χ0n) is 9.64. The molecule has 0 aromatic carbocycles. The first kappa shape index (κ1) is 12.5. The molecule has 0 bridgehead atoms. The molecule has 0 aliphatic heterocycles. The van der Waals surface area contributed by atoms with Crippen LogP contribution >= 0.6 is 0 Å². The van der Waals surface area contributed by atoms with Crippen LogP contribution in [0.5, 0.6) is 0 Å². The Kier molecular flexibility index (Phi) is 6.66. The summed E-state index contributed by atoms with van der Waals surface area (Å²) in [5, 5.41) is 0. The van der Waals surface area contributed by atoms with Gasteiger partial charge >= 0.3 is 0 Å². The van der Waals surface area contributed by atoms with Crippen LogP contribution < -0.4 is 0 Å². The number of hydrogen-bond acceptors (Lipinski definition) is 0. The molecule has 1 unspecified atom stereocenters. The lowest BCUT2D eigenvalue weighted by molar-refractivity contribution is 0.418. The molecule has 0 aromatic rings. The second-order valence-corrected chi connectivity index (χ2v) is 4.46. The summed E-state index contributed by atoms with van der Waals surface area (Å²) in [5.74, 6) is 1.69. The highest BCUT2D eigenvalue weighted by atomic mass is 14.1. The molecule has 0 aromatic heterocycles. The maximum Gasteiger partial charge on any atom is -0.0342 e. The van der Waals surface area contributed by atoms with Gasteiger partial charge < -0.3 is 0 Å². The zero-order valence-corrected chi connectivity index (χ0v) is 9.64. The van der Waals surface area contributed by atoms with Crippen molar-refractivity contribution in [2.24, 2.45) is 11.8 Å². The summed E-state index contributed by atoms with van der Waals surface area (Å²) in [6.07, 6.45) is 8.06. The molecule has 0 amide bonds. The molecule has 0 heteroatoms. The summed E-state index contributed by atoms with van der Waals surface area (Å²) in [5.41, 5.74) is 1.30. The van der Waals surface area contributed by atoms with Gasteiger partial charge in [-0.2, -0.15) is 0 Å². The first-order valence-electron chi connectivity index (χ1n) is 5.35. The molecular weight excluding hydrogens is 156 g/mol. The third-order valence-corrected chi connectivity index (χ3v) is 2.32.